The molecule has 3 rings (SSSR count). The summed E-state index contributed by atoms with van der Waals surface area (Å²) in [5, 5.41) is 2.80. The SMILES string of the molecule is O=C(CC1CCCCO1)Nc1ccc2[nH]c(=O)oc2c1. The standard InChI is InChI=1S/C14H16N2O4/c17-13(8-10-3-1-2-6-19-10)15-9-4-5-11-12(7-9)20-14(18)16-11/h4-5,7,10H,1-3,6,8H2,(H,15,17)(H,16,18). The molecular formula is C14H16N2O4. The highest BCUT2D eigenvalue weighted by Gasteiger charge is 2.17. The minimum absolute atomic E-state index is 0.0117. The van der Waals surface area contributed by atoms with Gasteiger partial charge in [0.15, 0.2) is 5.58 Å². The van der Waals surface area contributed by atoms with Gasteiger partial charge in [-0.1, -0.05) is 0 Å². The molecule has 2 heterocycles. The highest BCUT2D eigenvalue weighted by atomic mass is 16.5. The van der Waals surface area contributed by atoms with Crippen LogP contribution in [0.4, 0.5) is 5.69 Å². The quantitative estimate of drug-likeness (QED) is 0.898. The van der Waals surface area contributed by atoms with Crippen LogP contribution < -0.4 is 11.1 Å². The minimum Gasteiger partial charge on any atom is -0.408 e. The molecule has 106 valence electrons. The van der Waals surface area contributed by atoms with Gasteiger partial charge in [0, 0.05) is 18.4 Å². The third-order valence-electron chi connectivity index (χ3n) is 3.39. The summed E-state index contributed by atoms with van der Waals surface area (Å²) in [5.41, 5.74) is 1.66. The molecule has 1 aromatic heterocycles. The molecule has 1 atom stereocenters. The average Bonchev–Trinajstić information content (AvgIpc) is 2.79. The van der Waals surface area contributed by atoms with Crippen molar-refractivity contribution in [2.24, 2.45) is 0 Å². The van der Waals surface area contributed by atoms with Crippen LogP contribution in [0, 0.1) is 0 Å². The number of anilines is 1. The number of ether oxygens (including phenoxy) is 1. The Morgan fingerprint density at radius 3 is 3.10 bits per heavy atom. The first kappa shape index (κ1) is 12.9. The van der Waals surface area contributed by atoms with Crippen molar-refractivity contribution in [1.29, 1.82) is 0 Å². The number of rotatable bonds is 3. The van der Waals surface area contributed by atoms with Crippen molar-refractivity contribution < 1.29 is 13.9 Å². The van der Waals surface area contributed by atoms with Crippen molar-refractivity contribution in [2.75, 3.05) is 11.9 Å². The molecule has 1 amide bonds. The van der Waals surface area contributed by atoms with Crippen molar-refractivity contribution in [3.63, 3.8) is 0 Å². The van der Waals surface area contributed by atoms with Gasteiger partial charge in [-0.25, -0.2) is 4.79 Å². The number of benzene rings is 1. The minimum atomic E-state index is -0.501. The van der Waals surface area contributed by atoms with Crippen molar-refractivity contribution in [3.05, 3.63) is 28.7 Å². The van der Waals surface area contributed by atoms with Gasteiger partial charge >= 0.3 is 5.76 Å². The fourth-order valence-corrected chi connectivity index (χ4v) is 2.41. The summed E-state index contributed by atoms with van der Waals surface area (Å²) in [6.45, 7) is 0.735. The van der Waals surface area contributed by atoms with Gasteiger partial charge in [-0.2, -0.15) is 0 Å². The van der Waals surface area contributed by atoms with Crippen LogP contribution in [0.5, 0.6) is 0 Å². The van der Waals surface area contributed by atoms with Crippen molar-refractivity contribution in [1.82, 2.24) is 4.98 Å². The molecule has 0 spiro atoms. The lowest BCUT2D eigenvalue weighted by Crippen LogP contribution is -2.25. The number of oxazole rings is 1. The zero-order valence-electron chi connectivity index (χ0n) is 11.0. The first-order valence-corrected chi connectivity index (χ1v) is 6.75. The van der Waals surface area contributed by atoms with Gasteiger partial charge in [-0.15, -0.1) is 0 Å². The topological polar surface area (TPSA) is 84.3 Å². The zero-order chi connectivity index (χ0) is 13.9. The molecule has 0 bridgehead atoms. The number of aromatic amines is 1. The Morgan fingerprint density at radius 2 is 2.30 bits per heavy atom. The second-order valence-corrected chi connectivity index (χ2v) is 4.97. The number of fused-ring (bicyclic) bond motifs is 1. The zero-order valence-corrected chi connectivity index (χ0v) is 11.0. The predicted molar refractivity (Wildman–Crippen MR) is 73.7 cm³/mol. The van der Waals surface area contributed by atoms with Gasteiger partial charge in [0.05, 0.1) is 18.0 Å². The van der Waals surface area contributed by atoms with Gasteiger partial charge in [-0.3, -0.25) is 9.78 Å². The molecule has 6 heteroatoms. The van der Waals surface area contributed by atoms with E-state index in [9.17, 15) is 9.59 Å². The molecule has 0 radical (unpaired) electrons. The second kappa shape index (κ2) is 5.50. The Kier molecular flexibility index (Phi) is 3.56. The molecule has 20 heavy (non-hydrogen) atoms. The van der Waals surface area contributed by atoms with E-state index in [0.29, 0.717) is 23.2 Å². The molecule has 1 fully saturated rings. The van der Waals surface area contributed by atoms with E-state index in [1.807, 2.05) is 0 Å². The van der Waals surface area contributed by atoms with Gasteiger partial charge < -0.3 is 14.5 Å². The number of nitrogens with one attached hydrogen (secondary N) is 2. The van der Waals surface area contributed by atoms with Crippen LogP contribution in [-0.4, -0.2) is 23.6 Å². The van der Waals surface area contributed by atoms with E-state index in [1.165, 1.54) is 0 Å². The fourth-order valence-electron chi connectivity index (χ4n) is 2.41. The Balaban J connectivity index is 1.65. The number of hydrogen-bond donors (Lipinski definition) is 2. The van der Waals surface area contributed by atoms with E-state index in [4.69, 9.17) is 9.15 Å². The summed E-state index contributed by atoms with van der Waals surface area (Å²) >= 11 is 0. The lowest BCUT2D eigenvalue weighted by molar-refractivity contribution is -0.119. The lowest BCUT2D eigenvalue weighted by Gasteiger charge is -2.21. The summed E-state index contributed by atoms with van der Waals surface area (Å²) in [6, 6.07) is 5.06. The van der Waals surface area contributed by atoms with Crippen LogP contribution in [0.3, 0.4) is 0 Å². The van der Waals surface area contributed by atoms with Crippen molar-refractivity contribution in [2.45, 2.75) is 31.8 Å². The average molecular weight is 276 g/mol. The fraction of sp³-hybridized carbons (Fsp3) is 0.429. The number of carbonyl (C=O) groups is 1. The lowest BCUT2D eigenvalue weighted by atomic mass is 10.1. The Morgan fingerprint density at radius 1 is 1.40 bits per heavy atom. The Hall–Kier alpha value is -2.08. The molecule has 1 unspecified atom stereocenters. The summed E-state index contributed by atoms with van der Waals surface area (Å²) in [7, 11) is 0. The number of amides is 1. The largest absolute Gasteiger partial charge is 0.417 e. The van der Waals surface area contributed by atoms with Crippen LogP contribution in [0.25, 0.3) is 11.1 Å². The molecule has 1 aliphatic heterocycles. The van der Waals surface area contributed by atoms with E-state index < -0.39 is 5.76 Å². The van der Waals surface area contributed by atoms with Crippen LogP contribution >= 0.6 is 0 Å². The predicted octanol–water partition coefficient (Wildman–Crippen LogP) is 2.02. The van der Waals surface area contributed by atoms with Crippen LogP contribution in [0.15, 0.2) is 27.4 Å². The van der Waals surface area contributed by atoms with Crippen LogP contribution in [0.1, 0.15) is 25.7 Å². The molecule has 2 aromatic rings. The molecule has 2 N–H and O–H groups in total. The van der Waals surface area contributed by atoms with Gasteiger partial charge in [0.1, 0.15) is 0 Å². The van der Waals surface area contributed by atoms with Crippen LogP contribution in [0.2, 0.25) is 0 Å². The summed E-state index contributed by atoms with van der Waals surface area (Å²) in [5.74, 6) is -0.590. The van der Waals surface area contributed by atoms with Gasteiger partial charge in [0.25, 0.3) is 0 Å². The molecule has 1 aliphatic rings. The summed E-state index contributed by atoms with van der Waals surface area (Å²) in [6.07, 6.45) is 3.48. The number of carbonyl (C=O) groups excluding carboxylic acids is 1. The summed E-state index contributed by atoms with van der Waals surface area (Å²) in [4.78, 5) is 25.5. The van der Waals surface area contributed by atoms with Gasteiger partial charge in [-0.05, 0) is 31.4 Å². The highest BCUT2D eigenvalue weighted by Crippen LogP contribution is 2.19. The highest BCUT2D eigenvalue weighted by molar-refractivity contribution is 5.92. The maximum atomic E-state index is 11.9. The molecule has 1 saturated heterocycles. The third kappa shape index (κ3) is 2.91. The van der Waals surface area contributed by atoms with E-state index in [2.05, 4.69) is 10.3 Å². The van der Waals surface area contributed by atoms with Crippen LogP contribution in [-0.2, 0) is 9.53 Å². The van der Waals surface area contributed by atoms with E-state index in [0.717, 1.165) is 25.9 Å². The third-order valence-corrected chi connectivity index (χ3v) is 3.39. The van der Waals surface area contributed by atoms with E-state index in [1.54, 1.807) is 18.2 Å². The van der Waals surface area contributed by atoms with E-state index >= 15 is 0 Å². The summed E-state index contributed by atoms with van der Waals surface area (Å²) < 4.78 is 10.5. The first-order valence-electron chi connectivity index (χ1n) is 6.75. The van der Waals surface area contributed by atoms with E-state index in [-0.39, 0.29) is 12.0 Å². The van der Waals surface area contributed by atoms with Gasteiger partial charge in [0.2, 0.25) is 5.91 Å². The molecule has 6 nitrogen and oxygen atoms in total. The monoisotopic (exact) mass is 276 g/mol. The molecular weight excluding hydrogens is 260 g/mol. The Bertz CT molecular complexity index is 667. The molecule has 0 aliphatic carbocycles. The Labute approximate surface area is 115 Å². The number of hydrogen-bond acceptors (Lipinski definition) is 4. The first-order chi connectivity index (χ1) is 9.70. The number of H-pyrrole nitrogens is 1. The van der Waals surface area contributed by atoms with Crippen molar-refractivity contribution in [3.8, 4) is 0 Å². The molecule has 1 aromatic carbocycles. The van der Waals surface area contributed by atoms with Crippen molar-refractivity contribution >= 4 is 22.7 Å². The maximum Gasteiger partial charge on any atom is 0.417 e. The smallest absolute Gasteiger partial charge is 0.408 e. The second-order valence-electron chi connectivity index (χ2n) is 4.97. The normalized spacial score (nSPS) is 19.1. The molecule has 0 saturated carbocycles. The maximum absolute atomic E-state index is 11.9. The number of aromatic nitrogens is 1.